The Hall–Kier alpha value is -2.54. The average Bonchev–Trinajstić information content (AvgIpc) is 2.36. The highest BCUT2D eigenvalue weighted by atomic mass is 16.5. The Balaban J connectivity index is 2.81. The standard InChI is InChI=1S/C13H9NO3/c1-17-10-2-3-11-9(6-10)4-8(7-14)5-12(11)13(15)16/h2-6H,1H3,(H,15,16). The number of ether oxygens (including phenoxy) is 1. The Kier molecular flexibility index (Phi) is 2.67. The van der Waals surface area contributed by atoms with Crippen LogP contribution in [0.3, 0.4) is 0 Å². The van der Waals surface area contributed by atoms with E-state index in [4.69, 9.17) is 15.1 Å². The number of hydrogen-bond acceptors (Lipinski definition) is 3. The number of hydrogen-bond donors (Lipinski definition) is 1. The Morgan fingerprint density at radius 3 is 2.71 bits per heavy atom. The fraction of sp³-hybridized carbons (Fsp3) is 0.0769. The van der Waals surface area contributed by atoms with Gasteiger partial charge in [0.1, 0.15) is 5.75 Å². The summed E-state index contributed by atoms with van der Waals surface area (Å²) < 4.78 is 5.07. The zero-order chi connectivity index (χ0) is 12.4. The van der Waals surface area contributed by atoms with Gasteiger partial charge in [-0.3, -0.25) is 0 Å². The van der Waals surface area contributed by atoms with E-state index in [1.165, 1.54) is 13.2 Å². The molecule has 4 heteroatoms. The minimum absolute atomic E-state index is 0.127. The summed E-state index contributed by atoms with van der Waals surface area (Å²) in [5.74, 6) is -0.416. The van der Waals surface area contributed by atoms with Crippen molar-refractivity contribution in [1.82, 2.24) is 0 Å². The normalized spacial score (nSPS) is 9.88. The molecule has 0 aliphatic heterocycles. The molecule has 0 spiro atoms. The van der Waals surface area contributed by atoms with E-state index in [-0.39, 0.29) is 5.56 Å². The van der Waals surface area contributed by atoms with Gasteiger partial charge in [-0.05, 0) is 41.1 Å². The molecule has 0 saturated heterocycles. The summed E-state index contributed by atoms with van der Waals surface area (Å²) in [5, 5.41) is 19.2. The third kappa shape index (κ3) is 1.91. The summed E-state index contributed by atoms with van der Waals surface area (Å²) in [5.41, 5.74) is 0.449. The predicted octanol–water partition coefficient (Wildman–Crippen LogP) is 2.42. The maximum Gasteiger partial charge on any atom is 0.336 e. The number of carboxylic acids is 1. The van der Waals surface area contributed by atoms with E-state index in [1.54, 1.807) is 24.3 Å². The van der Waals surface area contributed by atoms with Gasteiger partial charge in [0.05, 0.1) is 24.3 Å². The number of aromatic carboxylic acids is 1. The van der Waals surface area contributed by atoms with Crippen LogP contribution in [0, 0.1) is 11.3 Å². The topological polar surface area (TPSA) is 70.3 Å². The predicted molar refractivity (Wildman–Crippen MR) is 62.2 cm³/mol. The van der Waals surface area contributed by atoms with Crippen LogP contribution in [0.15, 0.2) is 30.3 Å². The van der Waals surface area contributed by atoms with Gasteiger partial charge in [-0.2, -0.15) is 5.26 Å². The lowest BCUT2D eigenvalue weighted by molar-refractivity contribution is 0.0699. The van der Waals surface area contributed by atoms with Crippen LogP contribution < -0.4 is 4.74 Å². The van der Waals surface area contributed by atoms with E-state index in [1.807, 2.05) is 6.07 Å². The minimum atomic E-state index is -1.04. The second kappa shape index (κ2) is 4.14. The van der Waals surface area contributed by atoms with Gasteiger partial charge in [-0.25, -0.2) is 4.79 Å². The number of carboxylic acid groups (broad SMARTS) is 1. The van der Waals surface area contributed by atoms with Crippen LogP contribution in [0.2, 0.25) is 0 Å². The average molecular weight is 227 g/mol. The van der Waals surface area contributed by atoms with Gasteiger partial charge >= 0.3 is 5.97 Å². The Labute approximate surface area is 97.7 Å². The fourth-order valence-electron chi connectivity index (χ4n) is 1.72. The highest BCUT2D eigenvalue weighted by Crippen LogP contribution is 2.25. The maximum absolute atomic E-state index is 11.1. The molecule has 2 aromatic rings. The fourth-order valence-corrected chi connectivity index (χ4v) is 1.72. The van der Waals surface area contributed by atoms with Crippen molar-refractivity contribution >= 4 is 16.7 Å². The second-order valence-electron chi connectivity index (χ2n) is 3.53. The minimum Gasteiger partial charge on any atom is -0.497 e. The van der Waals surface area contributed by atoms with Gasteiger partial charge in [0, 0.05) is 0 Å². The van der Waals surface area contributed by atoms with Crippen LogP contribution >= 0.6 is 0 Å². The summed E-state index contributed by atoms with van der Waals surface area (Å²) in [7, 11) is 1.54. The quantitative estimate of drug-likeness (QED) is 0.855. The molecular weight excluding hydrogens is 218 g/mol. The van der Waals surface area contributed by atoms with Crippen LogP contribution in [-0.4, -0.2) is 18.2 Å². The molecule has 17 heavy (non-hydrogen) atoms. The lowest BCUT2D eigenvalue weighted by atomic mass is 10.0. The molecule has 84 valence electrons. The van der Waals surface area contributed by atoms with E-state index in [0.717, 1.165) is 0 Å². The van der Waals surface area contributed by atoms with Gasteiger partial charge in [-0.1, -0.05) is 0 Å². The first-order valence-electron chi connectivity index (χ1n) is 4.91. The Morgan fingerprint density at radius 1 is 1.35 bits per heavy atom. The van der Waals surface area contributed by atoms with Crippen LogP contribution in [0.5, 0.6) is 5.75 Å². The Morgan fingerprint density at radius 2 is 2.12 bits per heavy atom. The van der Waals surface area contributed by atoms with E-state index in [0.29, 0.717) is 22.1 Å². The number of methoxy groups -OCH3 is 1. The van der Waals surface area contributed by atoms with E-state index in [2.05, 4.69) is 0 Å². The van der Waals surface area contributed by atoms with Crippen LogP contribution in [-0.2, 0) is 0 Å². The third-order valence-electron chi connectivity index (χ3n) is 2.52. The second-order valence-corrected chi connectivity index (χ2v) is 3.53. The maximum atomic E-state index is 11.1. The van der Waals surface area contributed by atoms with Crippen molar-refractivity contribution < 1.29 is 14.6 Å². The zero-order valence-electron chi connectivity index (χ0n) is 9.10. The molecule has 0 aromatic heterocycles. The lowest BCUT2D eigenvalue weighted by Crippen LogP contribution is -1.98. The molecule has 0 unspecified atom stereocenters. The molecule has 0 amide bonds. The molecular formula is C13H9NO3. The largest absolute Gasteiger partial charge is 0.497 e. The summed E-state index contributed by atoms with van der Waals surface area (Å²) in [6, 6.07) is 10.0. The van der Waals surface area contributed by atoms with Crippen molar-refractivity contribution in [2.24, 2.45) is 0 Å². The Bertz CT molecular complexity index is 641. The number of carbonyl (C=O) groups is 1. The summed E-state index contributed by atoms with van der Waals surface area (Å²) in [6.45, 7) is 0. The van der Waals surface area contributed by atoms with Crippen molar-refractivity contribution in [3.63, 3.8) is 0 Å². The molecule has 0 aliphatic carbocycles. The first-order chi connectivity index (χ1) is 8.15. The van der Waals surface area contributed by atoms with Crippen molar-refractivity contribution in [3.05, 3.63) is 41.5 Å². The van der Waals surface area contributed by atoms with Crippen LogP contribution in [0.1, 0.15) is 15.9 Å². The van der Waals surface area contributed by atoms with Gasteiger partial charge in [0.15, 0.2) is 0 Å². The first-order valence-corrected chi connectivity index (χ1v) is 4.91. The zero-order valence-corrected chi connectivity index (χ0v) is 9.10. The van der Waals surface area contributed by atoms with Gasteiger partial charge < -0.3 is 9.84 Å². The number of benzene rings is 2. The van der Waals surface area contributed by atoms with E-state index in [9.17, 15) is 4.79 Å². The van der Waals surface area contributed by atoms with Gasteiger partial charge in [0.2, 0.25) is 0 Å². The number of fused-ring (bicyclic) bond motifs is 1. The molecule has 0 heterocycles. The van der Waals surface area contributed by atoms with Gasteiger partial charge in [-0.15, -0.1) is 0 Å². The van der Waals surface area contributed by atoms with Crippen LogP contribution in [0.25, 0.3) is 10.8 Å². The highest BCUT2D eigenvalue weighted by molar-refractivity contribution is 6.04. The first kappa shape index (κ1) is 11.0. The summed E-state index contributed by atoms with van der Waals surface area (Å²) in [4.78, 5) is 11.1. The molecule has 0 radical (unpaired) electrons. The SMILES string of the molecule is COc1ccc2c(C(=O)O)cc(C#N)cc2c1. The molecule has 0 atom stereocenters. The number of nitrogens with zero attached hydrogens (tertiary/aromatic N) is 1. The summed E-state index contributed by atoms with van der Waals surface area (Å²) in [6.07, 6.45) is 0. The highest BCUT2D eigenvalue weighted by Gasteiger charge is 2.11. The van der Waals surface area contributed by atoms with Crippen molar-refractivity contribution in [1.29, 1.82) is 5.26 Å². The molecule has 1 N–H and O–H groups in total. The van der Waals surface area contributed by atoms with Crippen molar-refractivity contribution in [2.75, 3.05) is 7.11 Å². The molecule has 0 aliphatic rings. The van der Waals surface area contributed by atoms with E-state index < -0.39 is 5.97 Å². The molecule has 0 fully saturated rings. The monoisotopic (exact) mass is 227 g/mol. The van der Waals surface area contributed by atoms with E-state index >= 15 is 0 Å². The molecule has 4 nitrogen and oxygen atoms in total. The molecule has 0 saturated carbocycles. The lowest BCUT2D eigenvalue weighted by Gasteiger charge is -2.06. The smallest absolute Gasteiger partial charge is 0.336 e. The molecule has 2 aromatic carbocycles. The molecule has 0 bridgehead atoms. The number of rotatable bonds is 2. The third-order valence-corrected chi connectivity index (χ3v) is 2.52. The van der Waals surface area contributed by atoms with Gasteiger partial charge in [0.25, 0.3) is 0 Å². The van der Waals surface area contributed by atoms with Crippen molar-refractivity contribution in [2.45, 2.75) is 0 Å². The van der Waals surface area contributed by atoms with Crippen LogP contribution in [0.4, 0.5) is 0 Å². The van der Waals surface area contributed by atoms with Crippen molar-refractivity contribution in [3.8, 4) is 11.8 Å². The summed E-state index contributed by atoms with van der Waals surface area (Å²) >= 11 is 0. The molecule has 2 rings (SSSR count). The number of nitriles is 1.